The summed E-state index contributed by atoms with van der Waals surface area (Å²) in [5, 5.41) is 11.0. The number of ketones is 1. The number of aromatic nitrogens is 1. The monoisotopic (exact) mass is 370 g/mol. The molecule has 2 aromatic rings. The third kappa shape index (κ3) is 2.18. The van der Waals surface area contributed by atoms with Crippen molar-refractivity contribution in [3.8, 4) is 0 Å². The number of para-hydroxylation sites is 1. The zero-order valence-electron chi connectivity index (χ0n) is 16.3. The lowest BCUT2D eigenvalue weighted by Crippen LogP contribution is -2.24. The van der Waals surface area contributed by atoms with E-state index in [1.54, 1.807) is 12.2 Å². The molecule has 0 saturated heterocycles. The van der Waals surface area contributed by atoms with Crippen LogP contribution in [0.25, 0.3) is 23.3 Å². The molecule has 1 aliphatic carbocycles. The average molecular weight is 370 g/mol. The summed E-state index contributed by atoms with van der Waals surface area (Å²) in [6.45, 7) is 14.4. The Morgan fingerprint density at radius 2 is 1.82 bits per heavy atom. The van der Waals surface area contributed by atoms with Crippen LogP contribution in [0.15, 0.2) is 53.7 Å². The molecule has 1 N–H and O–H groups in total. The smallest absolute Gasteiger partial charge is 0.201 e. The molecule has 0 atom stereocenters. The predicted molar refractivity (Wildman–Crippen MR) is 116 cm³/mol. The lowest BCUT2D eigenvalue weighted by atomic mass is 9.77. The number of carbonyl (C=O) groups is 1. The number of carbonyl (C=O) groups excluding carboxylic acids is 1. The maximum Gasteiger partial charge on any atom is 0.201 e. The second-order valence-corrected chi connectivity index (χ2v) is 6.93. The van der Waals surface area contributed by atoms with Gasteiger partial charge in [0.1, 0.15) is 5.76 Å². The summed E-state index contributed by atoms with van der Waals surface area (Å²) in [6.07, 6.45) is 3.49. The van der Waals surface area contributed by atoms with E-state index in [1.165, 1.54) is 0 Å². The number of aliphatic hydroxyl groups excluding tert-OH is 1. The fourth-order valence-corrected chi connectivity index (χ4v) is 4.33. The summed E-state index contributed by atoms with van der Waals surface area (Å²) in [4.78, 5) is 17.8. The lowest BCUT2D eigenvalue weighted by molar-refractivity contribution is -0.111. The minimum Gasteiger partial charge on any atom is -0.506 e. The highest BCUT2D eigenvalue weighted by Gasteiger charge is 2.41. The number of hydrogen-bond donors (Lipinski definition) is 1. The van der Waals surface area contributed by atoms with Crippen LogP contribution in [0.2, 0.25) is 0 Å². The first kappa shape index (κ1) is 18.0. The fraction of sp³-hybridized carbons (Fsp3) is 0.167. The molecule has 1 aromatic heterocycles. The average Bonchev–Trinajstić information content (AvgIpc) is 3.15. The molecule has 28 heavy (non-hydrogen) atoms. The third-order valence-electron chi connectivity index (χ3n) is 5.57. The number of Topliss-reactive ketones (excluding diaryl/α,β-unsaturated/α-hetero) is 1. The molecular formula is C24H22N2O2. The van der Waals surface area contributed by atoms with Gasteiger partial charge >= 0.3 is 0 Å². The summed E-state index contributed by atoms with van der Waals surface area (Å²) in [5.74, 6) is -0.130. The van der Waals surface area contributed by atoms with Gasteiger partial charge in [-0.1, -0.05) is 37.4 Å². The number of allylic oxidation sites excluding steroid dienone is 3. The van der Waals surface area contributed by atoms with Crippen LogP contribution in [-0.4, -0.2) is 21.2 Å². The van der Waals surface area contributed by atoms with Crippen LogP contribution in [0.1, 0.15) is 41.9 Å². The van der Waals surface area contributed by atoms with E-state index in [4.69, 9.17) is 0 Å². The minimum absolute atomic E-state index is 0.0290. The van der Waals surface area contributed by atoms with Crippen LogP contribution in [0.4, 0.5) is 5.69 Å². The van der Waals surface area contributed by atoms with Crippen molar-refractivity contribution in [3.05, 3.63) is 76.8 Å². The highest BCUT2D eigenvalue weighted by Crippen LogP contribution is 2.47. The Labute approximate surface area is 164 Å². The first-order valence-corrected chi connectivity index (χ1v) is 9.32. The van der Waals surface area contributed by atoms with Gasteiger partial charge in [0.25, 0.3) is 0 Å². The van der Waals surface area contributed by atoms with E-state index in [0.29, 0.717) is 11.1 Å². The van der Waals surface area contributed by atoms with E-state index in [-0.39, 0.29) is 11.5 Å². The Morgan fingerprint density at radius 1 is 1.11 bits per heavy atom. The summed E-state index contributed by atoms with van der Waals surface area (Å²) >= 11 is 0. The van der Waals surface area contributed by atoms with Gasteiger partial charge in [0, 0.05) is 45.9 Å². The van der Waals surface area contributed by atoms with Crippen LogP contribution in [0, 0.1) is 6.92 Å². The molecule has 140 valence electrons. The molecule has 0 spiro atoms. The molecule has 0 fully saturated rings. The van der Waals surface area contributed by atoms with E-state index in [0.717, 1.165) is 51.6 Å². The van der Waals surface area contributed by atoms with Crippen molar-refractivity contribution in [2.24, 2.45) is 4.99 Å². The number of aliphatic imine (C=N–C) groups is 1. The van der Waals surface area contributed by atoms with Gasteiger partial charge in [-0.3, -0.25) is 9.79 Å². The molecule has 4 heteroatoms. The molecule has 4 nitrogen and oxygen atoms in total. The van der Waals surface area contributed by atoms with Gasteiger partial charge in [0.2, 0.25) is 5.78 Å². The fourth-order valence-electron chi connectivity index (χ4n) is 4.33. The molecule has 0 saturated carbocycles. The lowest BCUT2D eigenvalue weighted by Gasteiger charge is -2.24. The number of fused-ring (bicyclic) bond motifs is 1. The Bertz CT molecular complexity index is 1170. The SMILES string of the molecule is C=Cc1c(C2=C(O)/C(=C3/C(C)=Nc4ccccc43)C2=O)c(C)n(CC)c1C=C. The topological polar surface area (TPSA) is 54.6 Å². The second-order valence-electron chi connectivity index (χ2n) is 6.93. The van der Waals surface area contributed by atoms with Crippen LogP contribution in [0.3, 0.4) is 0 Å². The molecule has 1 aromatic carbocycles. The summed E-state index contributed by atoms with van der Waals surface area (Å²) in [5.41, 5.74) is 7.25. The van der Waals surface area contributed by atoms with Crippen molar-refractivity contribution in [1.29, 1.82) is 0 Å². The molecule has 0 radical (unpaired) electrons. The van der Waals surface area contributed by atoms with E-state index >= 15 is 0 Å². The molecule has 0 amide bonds. The molecule has 1 aliphatic heterocycles. The number of aliphatic hydroxyl groups is 1. The maximum atomic E-state index is 13.2. The highest BCUT2D eigenvalue weighted by molar-refractivity contribution is 6.47. The Morgan fingerprint density at radius 3 is 2.43 bits per heavy atom. The van der Waals surface area contributed by atoms with Gasteiger partial charge in [-0.15, -0.1) is 0 Å². The standard InChI is InChI=1S/C24H22N2O2/c1-6-15-18(7-2)26(8-3)14(5)20(15)22-23(27)21(24(22)28)19-13(4)25-17-12-10-9-11-16(17)19/h6-7,9-12,27H,1-2,8H2,3-5H3/b21-19+. The van der Waals surface area contributed by atoms with Gasteiger partial charge in [-0.2, -0.15) is 0 Å². The Hall–Kier alpha value is -3.40. The predicted octanol–water partition coefficient (Wildman–Crippen LogP) is 5.51. The molecular weight excluding hydrogens is 348 g/mol. The molecule has 0 bridgehead atoms. The summed E-state index contributed by atoms with van der Waals surface area (Å²) < 4.78 is 2.08. The van der Waals surface area contributed by atoms with E-state index < -0.39 is 0 Å². The first-order chi connectivity index (χ1) is 13.5. The first-order valence-electron chi connectivity index (χ1n) is 9.32. The molecule has 0 unspecified atom stereocenters. The van der Waals surface area contributed by atoms with Gasteiger partial charge < -0.3 is 9.67 Å². The normalized spacial score (nSPS) is 18.1. The quantitative estimate of drug-likeness (QED) is 0.721. The van der Waals surface area contributed by atoms with Crippen LogP contribution >= 0.6 is 0 Å². The van der Waals surface area contributed by atoms with Crippen molar-refractivity contribution >= 4 is 40.5 Å². The van der Waals surface area contributed by atoms with Gasteiger partial charge in [0.15, 0.2) is 0 Å². The maximum absolute atomic E-state index is 13.2. The summed E-state index contributed by atoms with van der Waals surface area (Å²) in [6, 6.07) is 7.67. The highest BCUT2D eigenvalue weighted by atomic mass is 16.3. The Kier molecular flexibility index (Phi) is 4.07. The van der Waals surface area contributed by atoms with E-state index in [1.807, 2.05) is 45.0 Å². The Balaban J connectivity index is 1.97. The van der Waals surface area contributed by atoms with E-state index in [2.05, 4.69) is 22.7 Å². The van der Waals surface area contributed by atoms with Gasteiger partial charge in [-0.25, -0.2) is 0 Å². The number of rotatable bonds is 4. The largest absolute Gasteiger partial charge is 0.506 e. The molecule has 2 heterocycles. The van der Waals surface area contributed by atoms with Crippen molar-refractivity contribution in [1.82, 2.24) is 4.57 Å². The van der Waals surface area contributed by atoms with Gasteiger partial charge in [-0.05, 0) is 32.9 Å². The second kappa shape index (κ2) is 6.34. The zero-order valence-corrected chi connectivity index (χ0v) is 16.3. The minimum atomic E-state index is -0.159. The van der Waals surface area contributed by atoms with Crippen molar-refractivity contribution in [2.45, 2.75) is 27.3 Å². The van der Waals surface area contributed by atoms with Crippen LogP contribution in [0.5, 0.6) is 0 Å². The van der Waals surface area contributed by atoms with Crippen molar-refractivity contribution in [2.75, 3.05) is 0 Å². The number of hydrogen-bond acceptors (Lipinski definition) is 3. The number of benzene rings is 1. The molecule has 2 aliphatic rings. The molecule has 4 rings (SSSR count). The van der Waals surface area contributed by atoms with Crippen molar-refractivity contribution in [3.63, 3.8) is 0 Å². The van der Waals surface area contributed by atoms with Crippen LogP contribution in [-0.2, 0) is 11.3 Å². The van der Waals surface area contributed by atoms with E-state index in [9.17, 15) is 9.90 Å². The van der Waals surface area contributed by atoms with Crippen molar-refractivity contribution < 1.29 is 9.90 Å². The summed E-state index contributed by atoms with van der Waals surface area (Å²) in [7, 11) is 0. The zero-order chi connectivity index (χ0) is 20.2. The van der Waals surface area contributed by atoms with Gasteiger partial charge in [0.05, 0.1) is 16.8 Å². The van der Waals surface area contributed by atoms with Crippen LogP contribution < -0.4 is 0 Å². The third-order valence-corrected chi connectivity index (χ3v) is 5.57. The number of nitrogens with zero attached hydrogens (tertiary/aromatic N) is 2.